The summed E-state index contributed by atoms with van der Waals surface area (Å²) in [6, 6.07) is 20.9. The number of aromatic nitrogens is 1. The second-order valence-corrected chi connectivity index (χ2v) is 11.5. The molecule has 10 nitrogen and oxygen atoms in total. The number of thiazole rings is 1. The Morgan fingerprint density at radius 3 is 2.57 bits per heavy atom. The van der Waals surface area contributed by atoms with E-state index in [1.165, 1.54) is 16.2 Å². The zero-order chi connectivity index (χ0) is 29.8. The van der Waals surface area contributed by atoms with Gasteiger partial charge in [0, 0.05) is 25.2 Å². The third kappa shape index (κ3) is 6.22. The molecule has 5 rings (SSSR count). The summed E-state index contributed by atoms with van der Waals surface area (Å²) in [5, 5.41) is 16.0. The maximum Gasteiger partial charge on any atom is 0.321 e. The summed E-state index contributed by atoms with van der Waals surface area (Å²) in [5.41, 5.74) is 1.96. The molecule has 3 aromatic carbocycles. The van der Waals surface area contributed by atoms with Crippen LogP contribution in [0.3, 0.4) is 0 Å². The number of fused-ring (bicyclic) bond motifs is 2. The number of nitrogens with zero attached hydrogens (tertiary/aromatic N) is 3. The summed E-state index contributed by atoms with van der Waals surface area (Å²) in [6.07, 6.45) is -0.544. The topological polar surface area (TPSA) is 124 Å². The van der Waals surface area contributed by atoms with E-state index in [4.69, 9.17) is 4.74 Å². The molecule has 0 saturated heterocycles. The first-order valence-electron chi connectivity index (χ1n) is 13.7. The van der Waals surface area contributed by atoms with Crippen molar-refractivity contribution < 1.29 is 24.2 Å². The van der Waals surface area contributed by atoms with Crippen molar-refractivity contribution in [2.24, 2.45) is 5.92 Å². The van der Waals surface area contributed by atoms with E-state index in [0.717, 1.165) is 10.2 Å². The number of para-hydroxylation sites is 3. The summed E-state index contributed by atoms with van der Waals surface area (Å²) in [4.78, 5) is 47.6. The van der Waals surface area contributed by atoms with Gasteiger partial charge in [0.25, 0.3) is 11.8 Å². The third-order valence-electron chi connectivity index (χ3n) is 7.25. The molecule has 218 valence electrons. The normalized spacial score (nSPS) is 17.4. The number of benzene rings is 3. The summed E-state index contributed by atoms with van der Waals surface area (Å²) >= 11 is 1.27. The van der Waals surface area contributed by atoms with Gasteiger partial charge in [0.05, 0.1) is 40.7 Å². The highest BCUT2D eigenvalue weighted by molar-refractivity contribution is 7.20. The van der Waals surface area contributed by atoms with Crippen molar-refractivity contribution >= 4 is 50.8 Å². The Hall–Kier alpha value is -4.48. The molecule has 11 heteroatoms. The van der Waals surface area contributed by atoms with Crippen LogP contribution in [-0.2, 0) is 0 Å². The molecule has 2 heterocycles. The molecule has 1 aromatic heterocycles. The van der Waals surface area contributed by atoms with Gasteiger partial charge in [-0.15, -0.1) is 11.3 Å². The van der Waals surface area contributed by atoms with Crippen LogP contribution in [0.15, 0.2) is 72.8 Å². The molecule has 0 unspecified atom stereocenters. The van der Waals surface area contributed by atoms with Crippen LogP contribution >= 0.6 is 11.3 Å². The number of hydrogen-bond donors (Lipinski definition) is 3. The minimum Gasteiger partial charge on any atom is -0.485 e. The van der Waals surface area contributed by atoms with Crippen LogP contribution in [0.5, 0.6) is 5.75 Å². The molecule has 3 N–H and O–H groups in total. The Bertz CT molecular complexity index is 1560. The second kappa shape index (κ2) is 12.6. The van der Waals surface area contributed by atoms with Gasteiger partial charge < -0.3 is 30.3 Å². The zero-order valence-electron chi connectivity index (χ0n) is 23.6. The summed E-state index contributed by atoms with van der Waals surface area (Å²) in [7, 11) is 1.67. The fraction of sp³-hybridized carbons (Fsp3) is 0.290. The molecule has 0 fully saturated rings. The number of urea groups is 1. The number of ether oxygens (including phenoxy) is 1. The number of likely N-dealkylation sites (N-methyl/N-ethyl adjacent to an activating group) is 1. The van der Waals surface area contributed by atoms with Crippen molar-refractivity contribution in [3.05, 3.63) is 83.4 Å². The first-order valence-corrected chi connectivity index (χ1v) is 14.5. The van der Waals surface area contributed by atoms with Crippen molar-refractivity contribution in [2.45, 2.75) is 26.0 Å². The van der Waals surface area contributed by atoms with Gasteiger partial charge in [-0.05, 0) is 43.3 Å². The van der Waals surface area contributed by atoms with Gasteiger partial charge in [0.2, 0.25) is 0 Å². The molecule has 1 aliphatic heterocycles. The van der Waals surface area contributed by atoms with E-state index in [9.17, 15) is 19.5 Å². The lowest BCUT2D eigenvalue weighted by Crippen LogP contribution is -2.50. The average molecular weight is 588 g/mol. The van der Waals surface area contributed by atoms with E-state index in [-0.39, 0.29) is 47.3 Å². The van der Waals surface area contributed by atoms with Crippen LogP contribution in [0.1, 0.15) is 34.0 Å². The summed E-state index contributed by atoms with van der Waals surface area (Å²) in [6.45, 7) is 4.01. The number of carbonyl (C=O) groups is 3. The van der Waals surface area contributed by atoms with E-state index in [0.29, 0.717) is 17.9 Å². The molecule has 0 radical (unpaired) electrons. The van der Waals surface area contributed by atoms with E-state index in [1.807, 2.05) is 49.4 Å². The van der Waals surface area contributed by atoms with Crippen molar-refractivity contribution in [3.8, 4) is 5.75 Å². The summed E-state index contributed by atoms with van der Waals surface area (Å²) < 4.78 is 7.40. The van der Waals surface area contributed by atoms with Gasteiger partial charge in [-0.1, -0.05) is 43.3 Å². The Balaban J connectivity index is 1.45. The van der Waals surface area contributed by atoms with Gasteiger partial charge >= 0.3 is 6.03 Å². The molecule has 4 amide bonds. The number of carbonyl (C=O) groups excluding carboxylic acids is 3. The maximum atomic E-state index is 13.7. The predicted octanol–water partition coefficient (Wildman–Crippen LogP) is 4.93. The number of amides is 4. The molecular formula is C31H33N5O5S. The van der Waals surface area contributed by atoms with Crippen LogP contribution in [-0.4, -0.2) is 76.6 Å². The van der Waals surface area contributed by atoms with Crippen molar-refractivity contribution in [1.82, 2.24) is 14.8 Å². The molecular weight excluding hydrogens is 554 g/mol. The molecule has 0 bridgehead atoms. The predicted molar refractivity (Wildman–Crippen MR) is 163 cm³/mol. The molecule has 0 saturated carbocycles. The van der Waals surface area contributed by atoms with Crippen molar-refractivity contribution in [1.29, 1.82) is 0 Å². The largest absolute Gasteiger partial charge is 0.485 e. The number of hydrogen-bond acceptors (Lipinski definition) is 7. The fourth-order valence-corrected chi connectivity index (χ4v) is 5.66. The molecule has 0 spiro atoms. The van der Waals surface area contributed by atoms with Gasteiger partial charge in [0.15, 0.2) is 10.8 Å². The van der Waals surface area contributed by atoms with Crippen LogP contribution in [0.25, 0.3) is 10.2 Å². The van der Waals surface area contributed by atoms with Gasteiger partial charge in [0.1, 0.15) is 6.10 Å². The Morgan fingerprint density at radius 1 is 1.10 bits per heavy atom. The quantitative estimate of drug-likeness (QED) is 0.282. The van der Waals surface area contributed by atoms with E-state index < -0.39 is 18.1 Å². The van der Waals surface area contributed by atoms with Gasteiger partial charge in [-0.3, -0.25) is 9.59 Å². The maximum absolute atomic E-state index is 13.7. The molecule has 3 atom stereocenters. The number of nitrogens with one attached hydrogen (secondary N) is 2. The monoisotopic (exact) mass is 587 g/mol. The number of aliphatic hydroxyl groups is 1. The van der Waals surface area contributed by atoms with Gasteiger partial charge in [-0.25, -0.2) is 9.78 Å². The fourth-order valence-electron chi connectivity index (χ4n) is 4.80. The Labute approximate surface area is 247 Å². The van der Waals surface area contributed by atoms with E-state index in [1.54, 1.807) is 49.2 Å². The van der Waals surface area contributed by atoms with Crippen LogP contribution in [0.4, 0.5) is 16.2 Å². The molecule has 4 aromatic rings. The van der Waals surface area contributed by atoms with Gasteiger partial charge in [-0.2, -0.15) is 0 Å². The molecule has 42 heavy (non-hydrogen) atoms. The first-order chi connectivity index (χ1) is 20.2. The van der Waals surface area contributed by atoms with Crippen LogP contribution in [0, 0.1) is 5.92 Å². The zero-order valence-corrected chi connectivity index (χ0v) is 24.4. The lowest BCUT2D eigenvalue weighted by Gasteiger charge is -2.38. The Morgan fingerprint density at radius 2 is 1.83 bits per heavy atom. The summed E-state index contributed by atoms with van der Waals surface area (Å²) in [5.74, 6) is -0.757. The minimum absolute atomic E-state index is 0.203. The van der Waals surface area contributed by atoms with Crippen molar-refractivity contribution in [3.63, 3.8) is 0 Å². The highest BCUT2D eigenvalue weighted by atomic mass is 32.1. The highest BCUT2D eigenvalue weighted by Gasteiger charge is 2.35. The van der Waals surface area contributed by atoms with Crippen LogP contribution < -0.4 is 15.4 Å². The lowest BCUT2D eigenvalue weighted by molar-refractivity contribution is 0.0372. The van der Waals surface area contributed by atoms with E-state index >= 15 is 0 Å². The number of anilines is 2. The minimum atomic E-state index is -0.544. The van der Waals surface area contributed by atoms with Crippen LogP contribution in [0.2, 0.25) is 0 Å². The molecule has 0 aliphatic carbocycles. The molecule has 1 aliphatic rings. The number of rotatable bonds is 7. The SMILES string of the molecule is C[C@H]1CN([C@@H](C)CO)C(=O)c2cccc(NC(=O)c3nc4ccccc4s3)c2O[C@@H]1CN(C)C(=O)Nc1ccccc1. The second-order valence-electron chi connectivity index (χ2n) is 10.4. The first kappa shape index (κ1) is 29.0. The smallest absolute Gasteiger partial charge is 0.321 e. The van der Waals surface area contributed by atoms with Crippen molar-refractivity contribution in [2.75, 3.05) is 37.4 Å². The average Bonchev–Trinajstić information content (AvgIpc) is 3.44. The van der Waals surface area contributed by atoms with E-state index in [2.05, 4.69) is 15.6 Å². The number of aliphatic hydroxyl groups excluding tert-OH is 1. The Kier molecular flexibility index (Phi) is 8.69. The lowest BCUT2D eigenvalue weighted by atomic mass is 9.99. The highest BCUT2D eigenvalue weighted by Crippen LogP contribution is 2.35. The standard InChI is InChI=1S/C31H33N5O5S/c1-19-16-36(20(2)18-37)30(39)22-12-9-14-24(33-28(38)29-34-23-13-7-8-15-26(23)42-29)27(22)41-25(19)17-35(3)31(40)32-21-10-5-4-6-11-21/h4-15,19-20,25,37H,16-18H2,1-3H3,(H,32,40)(H,33,38)/t19-,20-,25+/m0/s1. The third-order valence-corrected chi connectivity index (χ3v) is 8.29.